The van der Waals surface area contributed by atoms with Crippen LogP contribution in [0.15, 0.2) is 22.9 Å². The summed E-state index contributed by atoms with van der Waals surface area (Å²) in [6.07, 6.45) is 5.28. The van der Waals surface area contributed by atoms with E-state index in [1.165, 1.54) is 6.20 Å². The van der Waals surface area contributed by atoms with Gasteiger partial charge in [0.2, 0.25) is 0 Å². The van der Waals surface area contributed by atoms with Gasteiger partial charge in [-0.1, -0.05) is 12.2 Å². The van der Waals surface area contributed by atoms with Crippen LogP contribution in [0.5, 0.6) is 0 Å². The Kier molecular flexibility index (Phi) is 3.73. The van der Waals surface area contributed by atoms with Crippen LogP contribution >= 0.6 is 28.1 Å². The van der Waals surface area contributed by atoms with Gasteiger partial charge in [-0.25, -0.2) is 0 Å². The summed E-state index contributed by atoms with van der Waals surface area (Å²) in [5.74, 6) is 0.208. The fourth-order valence-electron chi connectivity index (χ4n) is 1.61. The van der Waals surface area contributed by atoms with E-state index in [0.717, 1.165) is 17.3 Å². The van der Waals surface area contributed by atoms with E-state index in [0.29, 0.717) is 16.5 Å². The Morgan fingerprint density at radius 3 is 2.82 bits per heavy atom. The summed E-state index contributed by atoms with van der Waals surface area (Å²) in [7, 11) is 0. The van der Waals surface area contributed by atoms with Crippen LogP contribution in [0.2, 0.25) is 0 Å². The average Bonchev–Trinajstić information content (AvgIpc) is 3.09. The molecule has 3 N–H and O–H groups in total. The number of aromatic nitrogens is 1. The second-order valence-corrected chi connectivity index (χ2v) is 5.47. The summed E-state index contributed by atoms with van der Waals surface area (Å²) < 4.78 is 0.767. The molecule has 1 atom stereocenters. The van der Waals surface area contributed by atoms with Crippen molar-refractivity contribution in [1.82, 2.24) is 10.3 Å². The molecule has 1 fully saturated rings. The zero-order valence-corrected chi connectivity index (χ0v) is 11.4. The van der Waals surface area contributed by atoms with Gasteiger partial charge in [0.25, 0.3) is 5.91 Å². The Morgan fingerprint density at radius 1 is 1.59 bits per heavy atom. The molecular weight excluding hydrogens is 302 g/mol. The first-order valence-corrected chi connectivity index (χ1v) is 6.49. The Bertz CT molecular complexity index is 462. The van der Waals surface area contributed by atoms with Gasteiger partial charge in [-0.15, -0.1) is 0 Å². The van der Waals surface area contributed by atoms with Gasteiger partial charge in [0.1, 0.15) is 0 Å². The number of halogens is 1. The van der Waals surface area contributed by atoms with Crippen molar-refractivity contribution < 1.29 is 4.79 Å². The molecule has 90 valence electrons. The molecule has 1 amide bonds. The summed E-state index contributed by atoms with van der Waals surface area (Å²) in [6.45, 7) is 0. The summed E-state index contributed by atoms with van der Waals surface area (Å²) in [6, 6.07) is 1.52. The predicted octanol–water partition coefficient (Wildman–Crippen LogP) is 1.64. The van der Waals surface area contributed by atoms with E-state index in [-0.39, 0.29) is 11.9 Å². The number of nitrogens with one attached hydrogen (secondary N) is 1. The lowest BCUT2D eigenvalue weighted by Gasteiger charge is -2.16. The molecule has 2 rings (SSSR count). The molecule has 1 aliphatic rings. The minimum atomic E-state index is -0.198. The standard InChI is InChI=1S/C11H12BrN3OS/c12-8-3-7(4-14-5-8)11(16)15-9(10(13)17)6-1-2-6/h3-6,9H,1-2H2,(H2,13,17)(H,15,16). The van der Waals surface area contributed by atoms with Crippen LogP contribution in [-0.4, -0.2) is 21.9 Å². The molecule has 6 heteroatoms. The summed E-state index contributed by atoms with van der Waals surface area (Å²) in [5, 5.41) is 2.86. The molecule has 4 nitrogen and oxygen atoms in total. The van der Waals surface area contributed by atoms with Crippen molar-refractivity contribution in [3.63, 3.8) is 0 Å². The zero-order valence-electron chi connectivity index (χ0n) is 9.02. The molecule has 0 aromatic carbocycles. The molecule has 0 spiro atoms. The van der Waals surface area contributed by atoms with Crippen molar-refractivity contribution in [3.05, 3.63) is 28.5 Å². The minimum absolute atomic E-state index is 0.191. The first-order chi connectivity index (χ1) is 8.08. The molecule has 1 heterocycles. The van der Waals surface area contributed by atoms with Gasteiger partial charge in [-0.2, -0.15) is 0 Å². The van der Waals surface area contributed by atoms with Crippen molar-refractivity contribution in [2.24, 2.45) is 11.7 Å². The first kappa shape index (κ1) is 12.4. The third kappa shape index (κ3) is 3.23. The van der Waals surface area contributed by atoms with E-state index in [2.05, 4.69) is 26.2 Å². The van der Waals surface area contributed by atoms with Crippen LogP contribution < -0.4 is 11.1 Å². The normalized spacial score (nSPS) is 16.3. The number of hydrogen-bond acceptors (Lipinski definition) is 3. The predicted molar refractivity (Wildman–Crippen MR) is 72.7 cm³/mol. The van der Waals surface area contributed by atoms with Crippen molar-refractivity contribution in [2.45, 2.75) is 18.9 Å². The number of thiocarbonyl (C=S) groups is 1. The van der Waals surface area contributed by atoms with E-state index in [1.807, 2.05) is 0 Å². The lowest BCUT2D eigenvalue weighted by atomic mass is 10.1. The second-order valence-electron chi connectivity index (χ2n) is 4.08. The fraction of sp³-hybridized carbons (Fsp3) is 0.364. The van der Waals surface area contributed by atoms with E-state index in [9.17, 15) is 4.79 Å². The number of rotatable bonds is 4. The van der Waals surface area contributed by atoms with Gasteiger partial charge in [0.15, 0.2) is 0 Å². The van der Waals surface area contributed by atoms with Gasteiger partial charge in [-0.3, -0.25) is 9.78 Å². The quantitative estimate of drug-likeness (QED) is 0.829. The number of carbonyl (C=O) groups is 1. The van der Waals surface area contributed by atoms with Gasteiger partial charge >= 0.3 is 0 Å². The largest absolute Gasteiger partial charge is 0.392 e. The van der Waals surface area contributed by atoms with Gasteiger partial charge < -0.3 is 11.1 Å². The van der Waals surface area contributed by atoms with Gasteiger partial charge in [0.05, 0.1) is 16.6 Å². The maximum absolute atomic E-state index is 12.0. The molecule has 0 saturated heterocycles. The molecular formula is C11H12BrN3OS. The highest BCUT2D eigenvalue weighted by Crippen LogP contribution is 2.32. The summed E-state index contributed by atoms with van der Waals surface area (Å²) >= 11 is 8.24. The highest BCUT2D eigenvalue weighted by Gasteiger charge is 2.34. The van der Waals surface area contributed by atoms with Crippen LogP contribution in [0, 0.1) is 5.92 Å². The van der Waals surface area contributed by atoms with Crippen molar-refractivity contribution in [3.8, 4) is 0 Å². The highest BCUT2D eigenvalue weighted by molar-refractivity contribution is 9.10. The smallest absolute Gasteiger partial charge is 0.253 e. The van der Waals surface area contributed by atoms with Gasteiger partial charge in [-0.05, 0) is 40.8 Å². The number of carbonyl (C=O) groups excluding carboxylic acids is 1. The number of amides is 1. The number of hydrogen-bond donors (Lipinski definition) is 2. The number of nitrogens with zero attached hydrogens (tertiary/aromatic N) is 1. The molecule has 1 unspecified atom stereocenters. The van der Waals surface area contributed by atoms with Crippen molar-refractivity contribution in [2.75, 3.05) is 0 Å². The van der Waals surface area contributed by atoms with Crippen LogP contribution in [0.3, 0.4) is 0 Å². The monoisotopic (exact) mass is 313 g/mol. The lowest BCUT2D eigenvalue weighted by Crippen LogP contribution is -2.45. The van der Waals surface area contributed by atoms with E-state index < -0.39 is 0 Å². The fourth-order valence-corrected chi connectivity index (χ4v) is 2.23. The number of pyridine rings is 1. The SMILES string of the molecule is NC(=S)C(NC(=O)c1cncc(Br)c1)C1CC1. The van der Waals surface area contributed by atoms with E-state index >= 15 is 0 Å². The number of nitrogens with two attached hydrogens (primary N) is 1. The molecule has 0 bridgehead atoms. The van der Waals surface area contributed by atoms with Crippen molar-refractivity contribution in [1.29, 1.82) is 0 Å². The first-order valence-electron chi connectivity index (χ1n) is 5.28. The Hall–Kier alpha value is -1.01. The maximum Gasteiger partial charge on any atom is 0.253 e. The van der Waals surface area contributed by atoms with Crippen LogP contribution in [0.25, 0.3) is 0 Å². The molecule has 1 saturated carbocycles. The molecule has 0 aliphatic heterocycles. The van der Waals surface area contributed by atoms with Crippen molar-refractivity contribution >= 4 is 39.0 Å². The summed E-state index contributed by atoms with van der Waals surface area (Å²) in [4.78, 5) is 16.3. The van der Waals surface area contributed by atoms with E-state index in [4.69, 9.17) is 18.0 Å². The molecule has 17 heavy (non-hydrogen) atoms. The Balaban J connectivity index is 2.07. The minimum Gasteiger partial charge on any atom is -0.392 e. The molecule has 1 aliphatic carbocycles. The second kappa shape index (κ2) is 5.10. The third-order valence-corrected chi connectivity index (χ3v) is 3.34. The third-order valence-electron chi connectivity index (χ3n) is 2.65. The van der Waals surface area contributed by atoms with Crippen LogP contribution in [0.1, 0.15) is 23.2 Å². The lowest BCUT2D eigenvalue weighted by molar-refractivity contribution is 0.0943. The Labute approximate surface area is 113 Å². The van der Waals surface area contributed by atoms with Gasteiger partial charge in [0, 0.05) is 16.9 Å². The average molecular weight is 314 g/mol. The maximum atomic E-state index is 12.0. The van der Waals surface area contributed by atoms with E-state index in [1.54, 1.807) is 12.3 Å². The molecule has 0 radical (unpaired) electrons. The highest BCUT2D eigenvalue weighted by atomic mass is 79.9. The zero-order chi connectivity index (χ0) is 12.4. The summed E-state index contributed by atoms with van der Waals surface area (Å²) in [5.41, 5.74) is 6.13. The Morgan fingerprint density at radius 2 is 2.29 bits per heavy atom. The van der Waals surface area contributed by atoms with Crippen LogP contribution in [-0.2, 0) is 0 Å². The topological polar surface area (TPSA) is 68.0 Å². The van der Waals surface area contributed by atoms with Crippen LogP contribution in [0.4, 0.5) is 0 Å². The molecule has 1 aromatic heterocycles. The molecule has 1 aromatic rings.